The molecule has 0 bridgehead atoms. The SMILES string of the molecule is CO[C@H]1CC(=O)O[C@H](/C(C)=C/c2cnon2)C[C@@H]2N(CCO[Si](C)(C)C(C)(C)C)[C@]2(C)CCC[C@H](C)[C@H](C)[C@@H](C)C(=O)C1(C)C. The quantitative estimate of drug-likeness (QED) is 0.171. The summed E-state index contributed by atoms with van der Waals surface area (Å²) in [5.74, 6) is 0.203. The van der Waals surface area contributed by atoms with Gasteiger partial charge in [0.2, 0.25) is 0 Å². The number of esters is 1. The Morgan fingerprint density at radius 3 is 2.42 bits per heavy atom. The minimum absolute atomic E-state index is 0.00675. The molecule has 1 aromatic heterocycles. The summed E-state index contributed by atoms with van der Waals surface area (Å²) in [6.45, 7) is 27.5. The highest BCUT2D eigenvalue weighted by Crippen LogP contribution is 2.49. The third-order valence-corrected chi connectivity index (χ3v) is 16.3. The average molecular weight is 648 g/mol. The van der Waals surface area contributed by atoms with Crippen LogP contribution in [0.15, 0.2) is 16.4 Å². The van der Waals surface area contributed by atoms with Gasteiger partial charge in [-0.05, 0) is 61.9 Å². The fourth-order valence-corrected chi connectivity index (χ4v) is 7.94. The topological polar surface area (TPSA) is 104 Å². The molecule has 0 amide bonds. The van der Waals surface area contributed by atoms with E-state index in [4.69, 9.17) is 18.5 Å². The summed E-state index contributed by atoms with van der Waals surface area (Å²) < 4.78 is 23.5. The predicted octanol–water partition coefficient (Wildman–Crippen LogP) is 7.33. The highest BCUT2D eigenvalue weighted by molar-refractivity contribution is 6.74. The molecule has 10 heteroatoms. The van der Waals surface area contributed by atoms with E-state index in [2.05, 4.69) is 69.8 Å². The van der Waals surface area contributed by atoms with Crippen LogP contribution < -0.4 is 0 Å². The van der Waals surface area contributed by atoms with Gasteiger partial charge < -0.3 is 13.9 Å². The molecule has 1 aromatic rings. The molecular formula is C35H61N3O6Si. The highest BCUT2D eigenvalue weighted by Gasteiger charge is 2.58. The average Bonchev–Trinajstić information content (AvgIpc) is 3.24. The van der Waals surface area contributed by atoms with Crippen molar-refractivity contribution in [1.82, 2.24) is 15.2 Å². The molecule has 2 fully saturated rings. The molecule has 0 N–H and O–H groups in total. The monoisotopic (exact) mass is 647 g/mol. The second-order valence-electron chi connectivity index (χ2n) is 16.1. The Balaban J connectivity index is 1.94. The minimum atomic E-state index is -1.88. The number of methoxy groups -OCH3 is 1. The fraction of sp³-hybridized carbons (Fsp3) is 0.829. The van der Waals surface area contributed by atoms with Crippen molar-refractivity contribution in [3.8, 4) is 0 Å². The number of ketones is 1. The number of carbonyl (C=O) groups excluding carboxylic acids is 2. The molecule has 45 heavy (non-hydrogen) atoms. The molecule has 2 aliphatic rings. The molecular weight excluding hydrogens is 586 g/mol. The number of fused-ring (bicyclic) bond motifs is 1. The van der Waals surface area contributed by atoms with Crippen LogP contribution in [0, 0.1) is 23.2 Å². The molecule has 2 aliphatic heterocycles. The van der Waals surface area contributed by atoms with Gasteiger partial charge >= 0.3 is 5.97 Å². The first kappa shape index (κ1) is 37.6. The number of rotatable bonds is 7. The number of aromatic nitrogens is 2. The van der Waals surface area contributed by atoms with Gasteiger partial charge in [-0.15, -0.1) is 0 Å². The van der Waals surface area contributed by atoms with E-state index >= 15 is 0 Å². The van der Waals surface area contributed by atoms with Crippen LogP contribution >= 0.6 is 0 Å². The lowest BCUT2D eigenvalue weighted by Crippen LogP contribution is -2.45. The van der Waals surface area contributed by atoms with Gasteiger partial charge in [-0.2, -0.15) is 0 Å². The molecule has 3 rings (SSSR count). The Kier molecular flexibility index (Phi) is 12.1. The van der Waals surface area contributed by atoms with Crippen LogP contribution in [0.1, 0.15) is 107 Å². The highest BCUT2D eigenvalue weighted by atomic mass is 28.4. The van der Waals surface area contributed by atoms with Crippen molar-refractivity contribution in [2.24, 2.45) is 23.2 Å². The molecule has 256 valence electrons. The van der Waals surface area contributed by atoms with Crippen molar-refractivity contribution in [3.63, 3.8) is 0 Å². The number of ether oxygens (including phenoxy) is 2. The van der Waals surface area contributed by atoms with E-state index in [1.807, 2.05) is 33.8 Å². The number of hydrogen-bond donors (Lipinski definition) is 0. The lowest BCUT2D eigenvalue weighted by atomic mass is 9.70. The summed E-state index contributed by atoms with van der Waals surface area (Å²) in [6.07, 6.45) is 6.13. The van der Waals surface area contributed by atoms with Crippen LogP contribution in [0.2, 0.25) is 18.1 Å². The van der Waals surface area contributed by atoms with E-state index in [0.29, 0.717) is 24.6 Å². The second-order valence-corrected chi connectivity index (χ2v) is 21.0. The first-order valence-electron chi connectivity index (χ1n) is 16.9. The van der Waals surface area contributed by atoms with Gasteiger partial charge in [0.25, 0.3) is 0 Å². The van der Waals surface area contributed by atoms with E-state index in [-0.39, 0.29) is 46.6 Å². The van der Waals surface area contributed by atoms with Gasteiger partial charge in [0.05, 0.1) is 24.1 Å². The van der Waals surface area contributed by atoms with Gasteiger partial charge in [-0.25, -0.2) is 4.63 Å². The van der Waals surface area contributed by atoms with Crippen LogP contribution in [0.4, 0.5) is 0 Å². The Hall–Kier alpha value is -1.88. The zero-order chi connectivity index (χ0) is 34.0. The van der Waals surface area contributed by atoms with Gasteiger partial charge in [-0.3, -0.25) is 14.5 Å². The first-order valence-corrected chi connectivity index (χ1v) is 19.8. The van der Waals surface area contributed by atoms with E-state index in [1.54, 1.807) is 13.3 Å². The first-order chi connectivity index (χ1) is 20.8. The van der Waals surface area contributed by atoms with E-state index in [9.17, 15) is 9.59 Å². The van der Waals surface area contributed by atoms with E-state index in [0.717, 1.165) is 31.4 Å². The maximum absolute atomic E-state index is 13.8. The number of hydrogen-bond acceptors (Lipinski definition) is 9. The third kappa shape index (κ3) is 8.73. The van der Waals surface area contributed by atoms with Crippen LogP contribution in [0.25, 0.3) is 6.08 Å². The zero-order valence-corrected chi connectivity index (χ0v) is 31.4. The second kappa shape index (κ2) is 14.5. The van der Waals surface area contributed by atoms with Crippen molar-refractivity contribution < 1.29 is 28.1 Å². The van der Waals surface area contributed by atoms with Gasteiger partial charge in [0.15, 0.2) is 8.32 Å². The molecule has 1 unspecified atom stereocenters. The Morgan fingerprint density at radius 1 is 1.18 bits per heavy atom. The molecule has 3 heterocycles. The van der Waals surface area contributed by atoms with Gasteiger partial charge in [-0.1, -0.05) is 78.5 Å². The molecule has 2 saturated heterocycles. The summed E-state index contributed by atoms with van der Waals surface area (Å²) in [7, 11) is -0.311. The normalized spacial score (nSPS) is 34.2. The Morgan fingerprint density at radius 2 is 1.84 bits per heavy atom. The molecule has 9 nitrogen and oxygen atoms in total. The van der Waals surface area contributed by atoms with E-state index < -0.39 is 25.9 Å². The number of nitrogens with zero attached hydrogens (tertiary/aromatic N) is 3. The van der Waals surface area contributed by atoms with Gasteiger partial charge in [0, 0.05) is 44.2 Å². The summed E-state index contributed by atoms with van der Waals surface area (Å²) in [5.41, 5.74) is 0.566. The fourth-order valence-electron chi connectivity index (χ4n) is 6.90. The number of cyclic esters (lactones) is 1. The van der Waals surface area contributed by atoms with Crippen molar-refractivity contribution >= 4 is 26.1 Å². The maximum Gasteiger partial charge on any atom is 0.309 e. The summed E-state index contributed by atoms with van der Waals surface area (Å²) in [6, 6.07) is 0.230. The van der Waals surface area contributed by atoms with Gasteiger partial charge in [0.1, 0.15) is 17.6 Å². The number of Topliss-reactive ketones (excluding diaryl/α,β-unsaturated/α-hetero) is 1. The molecule has 0 aliphatic carbocycles. The third-order valence-electron chi connectivity index (χ3n) is 11.8. The molecule has 0 aromatic carbocycles. The minimum Gasteiger partial charge on any atom is -0.458 e. The van der Waals surface area contributed by atoms with Crippen LogP contribution in [-0.4, -0.2) is 79.3 Å². The molecule has 0 saturated carbocycles. The summed E-state index contributed by atoms with van der Waals surface area (Å²) in [4.78, 5) is 30.0. The largest absolute Gasteiger partial charge is 0.458 e. The summed E-state index contributed by atoms with van der Waals surface area (Å²) >= 11 is 0. The van der Waals surface area contributed by atoms with Crippen molar-refractivity contribution in [2.75, 3.05) is 20.3 Å². The molecule has 0 radical (unpaired) electrons. The maximum atomic E-state index is 13.8. The van der Waals surface area contributed by atoms with Crippen LogP contribution in [-0.2, 0) is 23.5 Å². The predicted molar refractivity (Wildman–Crippen MR) is 180 cm³/mol. The molecule has 8 atom stereocenters. The molecule has 0 spiro atoms. The van der Waals surface area contributed by atoms with Crippen molar-refractivity contribution in [2.45, 2.75) is 143 Å². The lowest BCUT2D eigenvalue weighted by molar-refractivity contribution is -0.155. The smallest absolute Gasteiger partial charge is 0.309 e. The zero-order valence-electron chi connectivity index (χ0n) is 30.4. The van der Waals surface area contributed by atoms with Crippen LogP contribution in [0.3, 0.4) is 0 Å². The standard InChI is InChI=1S/C35H61N3O6Si/c1-23-15-14-16-35(10)29(38(35)17-18-42-45(12,13)33(5,6)7)20-28(24(2)19-27-22-36-44-37-27)43-31(39)21-30(41-11)34(8,9)32(40)26(4)25(23)3/h19,22-23,25-26,28-30H,14-18,20-21H2,1-13H3/b24-19+/t23-,25-,26+,28-,29-,30-,35+,38?/m0/s1. The Bertz CT molecular complexity index is 1180. The number of carbonyl (C=O) groups is 2. The summed E-state index contributed by atoms with van der Waals surface area (Å²) in [5, 5.41) is 7.82. The van der Waals surface area contributed by atoms with Crippen LogP contribution in [0.5, 0.6) is 0 Å². The van der Waals surface area contributed by atoms with Crippen molar-refractivity contribution in [3.05, 3.63) is 17.5 Å². The lowest BCUT2D eigenvalue weighted by Gasteiger charge is -2.36. The Labute approximate surface area is 273 Å². The van der Waals surface area contributed by atoms with E-state index in [1.165, 1.54) is 0 Å². The van der Waals surface area contributed by atoms with Crippen molar-refractivity contribution in [1.29, 1.82) is 0 Å².